The molecular formula is C28H46N4O5. The molecule has 0 saturated carbocycles. The van der Waals surface area contributed by atoms with Crippen molar-refractivity contribution in [1.82, 2.24) is 15.5 Å². The van der Waals surface area contributed by atoms with Crippen LogP contribution in [0, 0.1) is 0 Å². The van der Waals surface area contributed by atoms with Crippen LogP contribution in [0.4, 0.5) is 4.79 Å². The predicted molar refractivity (Wildman–Crippen MR) is 145 cm³/mol. The predicted octanol–water partition coefficient (Wildman–Crippen LogP) is 4.21. The van der Waals surface area contributed by atoms with Crippen LogP contribution < -0.4 is 16.4 Å². The summed E-state index contributed by atoms with van der Waals surface area (Å²) in [7, 11) is 0. The van der Waals surface area contributed by atoms with Gasteiger partial charge in [0, 0.05) is 12.6 Å². The first-order valence-corrected chi connectivity index (χ1v) is 13.3. The third-order valence-corrected chi connectivity index (χ3v) is 5.72. The lowest BCUT2D eigenvalue weighted by molar-refractivity contribution is -0.143. The van der Waals surface area contributed by atoms with E-state index in [2.05, 4.69) is 17.6 Å². The third kappa shape index (κ3) is 12.1. The minimum absolute atomic E-state index is 0.0814. The summed E-state index contributed by atoms with van der Waals surface area (Å²) in [5.41, 5.74) is 5.28. The molecule has 9 nitrogen and oxygen atoms in total. The zero-order valence-corrected chi connectivity index (χ0v) is 23.3. The fraction of sp³-hybridized carbons (Fsp3) is 0.643. The number of nitrogens with zero attached hydrogens (tertiary/aromatic N) is 1. The molecule has 1 rings (SSSR count). The molecule has 0 aliphatic heterocycles. The van der Waals surface area contributed by atoms with E-state index in [4.69, 9.17) is 10.5 Å². The molecule has 0 bridgehead atoms. The molecule has 0 fully saturated rings. The van der Waals surface area contributed by atoms with Crippen molar-refractivity contribution in [2.45, 2.75) is 110 Å². The van der Waals surface area contributed by atoms with E-state index in [0.29, 0.717) is 12.0 Å². The Morgan fingerprint density at radius 3 is 2.16 bits per heavy atom. The summed E-state index contributed by atoms with van der Waals surface area (Å²) in [4.78, 5) is 53.4. The van der Waals surface area contributed by atoms with Gasteiger partial charge in [-0.25, -0.2) is 4.79 Å². The van der Waals surface area contributed by atoms with Gasteiger partial charge in [-0.05, 0) is 46.1 Å². The summed E-state index contributed by atoms with van der Waals surface area (Å²) in [6, 6.07) is 6.76. The highest BCUT2D eigenvalue weighted by Gasteiger charge is 2.37. The summed E-state index contributed by atoms with van der Waals surface area (Å²) >= 11 is 0. The molecule has 0 aromatic heterocycles. The standard InChI is InChI=1S/C28H46N4O5/c1-7-9-10-14-18-32(26(35)22(19-23(29)33)31-27(36)37-28(4,5)6)24(21-16-12-11-13-17-21)25(34)30-20(3)15-8-2/h11-13,16-17,20,22,24H,7-10,14-15,18-19H2,1-6H3,(H2,29,33)(H,30,34)(H,31,36). The lowest BCUT2D eigenvalue weighted by Crippen LogP contribution is -2.54. The molecule has 3 atom stereocenters. The Hall–Kier alpha value is -3.10. The minimum atomic E-state index is -1.27. The van der Waals surface area contributed by atoms with E-state index in [1.807, 2.05) is 32.0 Å². The molecule has 1 aromatic rings. The highest BCUT2D eigenvalue weighted by Crippen LogP contribution is 2.24. The second-order valence-electron chi connectivity index (χ2n) is 10.5. The molecule has 4 N–H and O–H groups in total. The number of carbonyl (C=O) groups excluding carboxylic acids is 4. The fourth-order valence-corrected chi connectivity index (χ4v) is 4.06. The van der Waals surface area contributed by atoms with Gasteiger partial charge in [-0.1, -0.05) is 69.9 Å². The maximum Gasteiger partial charge on any atom is 0.408 e. The van der Waals surface area contributed by atoms with Crippen LogP contribution in [0.25, 0.3) is 0 Å². The van der Waals surface area contributed by atoms with Gasteiger partial charge < -0.3 is 26.0 Å². The van der Waals surface area contributed by atoms with Crippen LogP contribution in [0.2, 0.25) is 0 Å². The van der Waals surface area contributed by atoms with Gasteiger partial charge in [0.2, 0.25) is 17.7 Å². The highest BCUT2D eigenvalue weighted by molar-refractivity contribution is 5.94. The molecule has 0 aliphatic rings. The Bertz CT molecular complexity index is 869. The molecule has 0 aliphatic carbocycles. The Balaban J connectivity index is 3.43. The number of ether oxygens (including phenoxy) is 1. The number of nitrogens with one attached hydrogen (secondary N) is 2. The van der Waals surface area contributed by atoms with E-state index in [9.17, 15) is 19.2 Å². The molecule has 0 radical (unpaired) electrons. The summed E-state index contributed by atoms with van der Waals surface area (Å²) in [6.45, 7) is 11.4. The normalized spacial score (nSPS) is 13.7. The number of unbranched alkanes of at least 4 members (excludes halogenated alkanes) is 3. The van der Waals surface area contributed by atoms with Crippen molar-refractivity contribution in [1.29, 1.82) is 0 Å². The van der Waals surface area contributed by atoms with Gasteiger partial charge in [0.25, 0.3) is 0 Å². The Kier molecular flexibility index (Phi) is 13.7. The lowest BCUT2D eigenvalue weighted by Gasteiger charge is -2.35. The SMILES string of the molecule is CCCCCCN(C(=O)C(CC(N)=O)NC(=O)OC(C)(C)C)C(C(=O)NC(C)CCC)c1ccccc1. The van der Waals surface area contributed by atoms with Crippen LogP contribution in [0.15, 0.2) is 30.3 Å². The number of hydrogen-bond donors (Lipinski definition) is 3. The molecule has 0 spiro atoms. The van der Waals surface area contributed by atoms with Gasteiger partial charge in [0.1, 0.15) is 17.7 Å². The quantitative estimate of drug-likeness (QED) is 0.299. The number of rotatable bonds is 15. The van der Waals surface area contributed by atoms with E-state index < -0.39 is 42.0 Å². The fourth-order valence-electron chi connectivity index (χ4n) is 4.06. The smallest absolute Gasteiger partial charge is 0.408 e. The molecule has 3 unspecified atom stereocenters. The third-order valence-electron chi connectivity index (χ3n) is 5.72. The highest BCUT2D eigenvalue weighted by atomic mass is 16.6. The molecule has 0 heterocycles. The molecule has 37 heavy (non-hydrogen) atoms. The van der Waals surface area contributed by atoms with Crippen LogP contribution in [-0.4, -0.2) is 52.9 Å². The summed E-state index contributed by atoms with van der Waals surface area (Å²) < 4.78 is 5.31. The van der Waals surface area contributed by atoms with Crippen molar-refractivity contribution >= 4 is 23.8 Å². The molecule has 9 heteroatoms. The Morgan fingerprint density at radius 2 is 1.62 bits per heavy atom. The van der Waals surface area contributed by atoms with E-state index in [1.54, 1.807) is 32.9 Å². The van der Waals surface area contributed by atoms with Crippen LogP contribution in [0.5, 0.6) is 0 Å². The number of alkyl carbamates (subject to hydrolysis) is 1. The molecular weight excluding hydrogens is 472 g/mol. The van der Waals surface area contributed by atoms with E-state index in [0.717, 1.165) is 32.1 Å². The zero-order chi connectivity index (χ0) is 28.0. The number of nitrogens with two attached hydrogens (primary N) is 1. The minimum Gasteiger partial charge on any atom is -0.444 e. The maximum atomic E-state index is 13.9. The van der Waals surface area contributed by atoms with Crippen molar-refractivity contribution in [3.05, 3.63) is 35.9 Å². The maximum absolute atomic E-state index is 13.9. The van der Waals surface area contributed by atoms with Gasteiger partial charge in [0.05, 0.1) is 6.42 Å². The zero-order valence-electron chi connectivity index (χ0n) is 23.3. The number of benzene rings is 1. The van der Waals surface area contributed by atoms with Gasteiger partial charge in [-0.2, -0.15) is 0 Å². The van der Waals surface area contributed by atoms with Gasteiger partial charge in [-0.15, -0.1) is 0 Å². The average Bonchev–Trinajstić information content (AvgIpc) is 2.79. The second-order valence-corrected chi connectivity index (χ2v) is 10.5. The van der Waals surface area contributed by atoms with Crippen molar-refractivity contribution in [2.24, 2.45) is 5.73 Å². The van der Waals surface area contributed by atoms with Crippen molar-refractivity contribution in [3.63, 3.8) is 0 Å². The second kappa shape index (κ2) is 15.9. The Labute approximate surface area is 221 Å². The summed E-state index contributed by atoms with van der Waals surface area (Å²) in [6.07, 6.45) is 3.97. The van der Waals surface area contributed by atoms with Crippen LogP contribution in [0.1, 0.15) is 98.1 Å². The van der Waals surface area contributed by atoms with Crippen molar-refractivity contribution < 1.29 is 23.9 Å². The van der Waals surface area contributed by atoms with Gasteiger partial charge in [-0.3, -0.25) is 14.4 Å². The number of amides is 4. The monoisotopic (exact) mass is 518 g/mol. The first-order valence-electron chi connectivity index (χ1n) is 13.3. The summed E-state index contributed by atoms with van der Waals surface area (Å²) in [5.74, 6) is -1.63. The number of primary amides is 1. The first-order chi connectivity index (χ1) is 17.4. The number of carbonyl (C=O) groups is 4. The Morgan fingerprint density at radius 1 is 0.973 bits per heavy atom. The van der Waals surface area contributed by atoms with Crippen LogP contribution >= 0.6 is 0 Å². The number of hydrogen-bond acceptors (Lipinski definition) is 5. The van der Waals surface area contributed by atoms with E-state index in [-0.39, 0.29) is 18.5 Å². The van der Waals surface area contributed by atoms with Gasteiger partial charge >= 0.3 is 6.09 Å². The topological polar surface area (TPSA) is 131 Å². The lowest BCUT2D eigenvalue weighted by atomic mass is 10.0. The van der Waals surface area contributed by atoms with Crippen molar-refractivity contribution in [2.75, 3.05) is 6.54 Å². The van der Waals surface area contributed by atoms with Crippen LogP contribution in [0.3, 0.4) is 0 Å². The van der Waals surface area contributed by atoms with E-state index in [1.165, 1.54) is 4.90 Å². The molecule has 0 saturated heterocycles. The van der Waals surface area contributed by atoms with Crippen LogP contribution in [-0.2, 0) is 19.1 Å². The molecule has 4 amide bonds. The average molecular weight is 519 g/mol. The first kappa shape index (κ1) is 31.9. The van der Waals surface area contributed by atoms with E-state index >= 15 is 0 Å². The molecule has 208 valence electrons. The van der Waals surface area contributed by atoms with Gasteiger partial charge in [0.15, 0.2) is 0 Å². The van der Waals surface area contributed by atoms with Crippen molar-refractivity contribution in [3.8, 4) is 0 Å². The summed E-state index contributed by atoms with van der Waals surface area (Å²) in [5, 5.41) is 5.54. The largest absolute Gasteiger partial charge is 0.444 e. The molecule has 1 aromatic carbocycles.